The fraction of sp³-hybridized carbons (Fsp3) is 0.733. The molecule has 20 heavy (non-hydrogen) atoms. The number of nitrogens with zero attached hydrogens (tertiary/aromatic N) is 2. The Kier molecular flexibility index (Phi) is 2.89. The Bertz CT molecular complexity index is 530. The summed E-state index contributed by atoms with van der Waals surface area (Å²) in [6.45, 7) is 4.25. The molecular weight excluding hydrogens is 272 g/mol. The largest absolute Gasteiger partial charge is 0.376 e. The highest BCUT2D eigenvalue weighted by molar-refractivity contribution is 7.09. The zero-order valence-corrected chi connectivity index (χ0v) is 12.6. The van der Waals surface area contributed by atoms with Crippen molar-refractivity contribution in [1.82, 2.24) is 9.88 Å². The number of hydrogen-bond acceptors (Lipinski definition) is 4. The lowest BCUT2D eigenvalue weighted by atomic mass is 10.1. The Labute approximate surface area is 123 Å². The average Bonchev–Trinajstić information content (AvgIpc) is 3.13. The molecule has 3 aliphatic rings. The van der Waals surface area contributed by atoms with E-state index in [2.05, 4.69) is 10.4 Å². The third kappa shape index (κ3) is 2.17. The van der Waals surface area contributed by atoms with Crippen LogP contribution in [0.4, 0.5) is 0 Å². The molecule has 1 aromatic heterocycles. The van der Waals surface area contributed by atoms with Crippen molar-refractivity contribution in [2.45, 2.75) is 45.3 Å². The zero-order chi connectivity index (χ0) is 13.7. The molecule has 1 amide bonds. The Morgan fingerprint density at radius 3 is 2.95 bits per heavy atom. The second-order valence-electron chi connectivity index (χ2n) is 6.46. The number of carbonyl (C=O) groups is 1. The van der Waals surface area contributed by atoms with E-state index < -0.39 is 0 Å². The number of aryl methyl sites for hydroxylation is 1. The van der Waals surface area contributed by atoms with Crippen molar-refractivity contribution in [1.29, 1.82) is 0 Å². The third-order valence-corrected chi connectivity index (χ3v) is 5.79. The normalized spacial score (nSPS) is 33.9. The first kappa shape index (κ1) is 12.8. The van der Waals surface area contributed by atoms with E-state index in [0.29, 0.717) is 18.4 Å². The van der Waals surface area contributed by atoms with E-state index in [1.165, 1.54) is 0 Å². The summed E-state index contributed by atoms with van der Waals surface area (Å²) < 4.78 is 5.71. The van der Waals surface area contributed by atoms with E-state index in [0.717, 1.165) is 49.5 Å². The first-order valence-electron chi connectivity index (χ1n) is 7.49. The van der Waals surface area contributed by atoms with E-state index in [-0.39, 0.29) is 11.5 Å². The molecule has 2 saturated carbocycles. The van der Waals surface area contributed by atoms with Crippen LogP contribution in [0.15, 0.2) is 5.38 Å². The summed E-state index contributed by atoms with van der Waals surface area (Å²) in [7, 11) is 0. The lowest BCUT2D eigenvalue weighted by Gasteiger charge is -2.26. The highest BCUT2D eigenvalue weighted by Crippen LogP contribution is 2.76. The summed E-state index contributed by atoms with van der Waals surface area (Å²) in [5, 5.41) is 3.10. The predicted molar refractivity (Wildman–Crippen MR) is 76.4 cm³/mol. The molecule has 1 aromatic rings. The molecule has 4 nitrogen and oxygen atoms in total. The first-order valence-corrected chi connectivity index (χ1v) is 8.37. The van der Waals surface area contributed by atoms with Gasteiger partial charge in [-0.3, -0.25) is 4.79 Å². The van der Waals surface area contributed by atoms with Crippen LogP contribution >= 0.6 is 11.3 Å². The van der Waals surface area contributed by atoms with Crippen LogP contribution in [0.3, 0.4) is 0 Å². The maximum atomic E-state index is 12.7. The molecule has 1 atom stereocenters. The maximum Gasteiger partial charge on any atom is 0.229 e. The second kappa shape index (κ2) is 4.53. The number of thiazole rings is 1. The van der Waals surface area contributed by atoms with E-state index in [1.54, 1.807) is 11.3 Å². The van der Waals surface area contributed by atoms with Gasteiger partial charge in [-0.25, -0.2) is 4.98 Å². The van der Waals surface area contributed by atoms with Crippen molar-refractivity contribution in [3.05, 3.63) is 16.1 Å². The Hall–Kier alpha value is -0.940. The van der Waals surface area contributed by atoms with Crippen molar-refractivity contribution in [3.63, 3.8) is 0 Å². The number of rotatable bonds is 5. The molecule has 0 bridgehead atoms. The van der Waals surface area contributed by atoms with Gasteiger partial charge in [-0.05, 0) is 38.5 Å². The molecule has 108 valence electrons. The van der Waals surface area contributed by atoms with Crippen LogP contribution in [0.1, 0.15) is 36.4 Å². The number of hydrogen-bond donors (Lipinski definition) is 0. The maximum absolute atomic E-state index is 12.7. The van der Waals surface area contributed by atoms with Crippen LogP contribution in [-0.4, -0.2) is 35.0 Å². The van der Waals surface area contributed by atoms with Gasteiger partial charge in [0.05, 0.1) is 18.1 Å². The van der Waals surface area contributed by atoms with Crippen molar-refractivity contribution in [2.75, 3.05) is 13.2 Å². The molecule has 1 saturated heterocycles. The average molecular weight is 292 g/mol. The molecule has 0 spiro atoms. The van der Waals surface area contributed by atoms with Crippen LogP contribution in [0.25, 0.3) is 0 Å². The van der Waals surface area contributed by atoms with Crippen LogP contribution < -0.4 is 0 Å². The third-order valence-electron chi connectivity index (χ3n) is 4.84. The topological polar surface area (TPSA) is 42.4 Å². The number of fused-ring (bicyclic) bond motifs is 1. The van der Waals surface area contributed by atoms with E-state index in [9.17, 15) is 4.79 Å². The minimum atomic E-state index is 0.0465. The van der Waals surface area contributed by atoms with Gasteiger partial charge in [0.15, 0.2) is 0 Å². The van der Waals surface area contributed by atoms with Crippen molar-refractivity contribution >= 4 is 17.2 Å². The van der Waals surface area contributed by atoms with Crippen molar-refractivity contribution in [2.24, 2.45) is 11.3 Å². The summed E-state index contributed by atoms with van der Waals surface area (Å²) in [6, 6.07) is 0. The van der Waals surface area contributed by atoms with E-state index in [1.807, 2.05) is 11.8 Å². The summed E-state index contributed by atoms with van der Waals surface area (Å²) in [6.07, 6.45) is 4.66. The Morgan fingerprint density at radius 1 is 1.60 bits per heavy atom. The van der Waals surface area contributed by atoms with Gasteiger partial charge in [0.1, 0.15) is 5.01 Å². The standard InChI is InChI=1S/C15H20N2O2S/c1-10-9-20-13(16-10)8-17(7-12-3-2-4-19-12)14(18)15-5-11(15)6-15/h9,11-12H,2-8H2,1H3. The Balaban J connectivity index is 1.47. The molecule has 1 aliphatic heterocycles. The van der Waals surface area contributed by atoms with Gasteiger partial charge in [0.2, 0.25) is 5.91 Å². The van der Waals surface area contributed by atoms with Gasteiger partial charge < -0.3 is 9.64 Å². The number of carbonyl (C=O) groups excluding carboxylic acids is 1. The molecule has 3 fully saturated rings. The van der Waals surface area contributed by atoms with Crippen LogP contribution in [0.2, 0.25) is 0 Å². The first-order chi connectivity index (χ1) is 9.67. The molecular formula is C15H20N2O2S. The fourth-order valence-electron chi connectivity index (χ4n) is 3.26. The fourth-order valence-corrected chi connectivity index (χ4v) is 4.04. The molecule has 2 heterocycles. The monoisotopic (exact) mass is 292 g/mol. The summed E-state index contributed by atoms with van der Waals surface area (Å²) in [4.78, 5) is 19.2. The van der Waals surface area contributed by atoms with Gasteiger partial charge in [-0.15, -0.1) is 11.3 Å². The highest BCUT2D eigenvalue weighted by Gasteiger charge is 2.75. The van der Waals surface area contributed by atoms with Gasteiger partial charge in [-0.1, -0.05) is 0 Å². The molecule has 2 aliphatic carbocycles. The van der Waals surface area contributed by atoms with Crippen LogP contribution in [0.5, 0.6) is 0 Å². The molecule has 0 N–H and O–H groups in total. The smallest absolute Gasteiger partial charge is 0.229 e. The summed E-state index contributed by atoms with van der Waals surface area (Å²) >= 11 is 1.65. The Morgan fingerprint density at radius 2 is 2.40 bits per heavy atom. The summed E-state index contributed by atoms with van der Waals surface area (Å²) in [5.74, 6) is 1.05. The number of ether oxygens (including phenoxy) is 1. The molecule has 0 radical (unpaired) electrons. The lowest BCUT2D eigenvalue weighted by molar-refractivity contribution is -0.137. The molecule has 5 heteroatoms. The second-order valence-corrected chi connectivity index (χ2v) is 7.41. The highest BCUT2D eigenvalue weighted by atomic mass is 32.1. The van der Waals surface area contributed by atoms with Gasteiger partial charge in [0, 0.05) is 24.2 Å². The molecule has 4 rings (SSSR count). The van der Waals surface area contributed by atoms with Gasteiger partial charge >= 0.3 is 0 Å². The van der Waals surface area contributed by atoms with Crippen LogP contribution in [-0.2, 0) is 16.1 Å². The molecule has 0 aromatic carbocycles. The number of amides is 1. The van der Waals surface area contributed by atoms with Gasteiger partial charge in [-0.2, -0.15) is 0 Å². The predicted octanol–water partition coefficient (Wildman–Crippen LogP) is 2.37. The van der Waals surface area contributed by atoms with Crippen LogP contribution in [0, 0.1) is 18.3 Å². The van der Waals surface area contributed by atoms with Crippen molar-refractivity contribution < 1.29 is 9.53 Å². The zero-order valence-electron chi connectivity index (χ0n) is 11.8. The molecule has 1 unspecified atom stereocenters. The van der Waals surface area contributed by atoms with E-state index in [4.69, 9.17) is 4.74 Å². The van der Waals surface area contributed by atoms with Crippen molar-refractivity contribution in [3.8, 4) is 0 Å². The summed E-state index contributed by atoms with van der Waals surface area (Å²) in [5.41, 5.74) is 1.09. The SMILES string of the molecule is Cc1csc(CN(CC2CCCO2)C(=O)C23CC2C3)n1. The van der Waals surface area contributed by atoms with E-state index >= 15 is 0 Å². The van der Waals surface area contributed by atoms with Gasteiger partial charge in [0.25, 0.3) is 0 Å². The minimum absolute atomic E-state index is 0.0465. The quantitative estimate of drug-likeness (QED) is 0.837. The lowest BCUT2D eigenvalue weighted by Crippen LogP contribution is -2.39. The minimum Gasteiger partial charge on any atom is -0.376 e. The number of aromatic nitrogens is 1.